The number of aromatic nitrogens is 2. The minimum atomic E-state index is -3.01. The lowest BCUT2D eigenvalue weighted by atomic mass is 9.68. The Morgan fingerprint density at radius 2 is 1.68 bits per heavy atom. The lowest BCUT2D eigenvalue weighted by molar-refractivity contribution is 0.0705. The third-order valence-corrected chi connectivity index (χ3v) is 12.4. The summed E-state index contributed by atoms with van der Waals surface area (Å²) in [6, 6.07) is 0. The number of rotatable bonds is 12. The van der Waals surface area contributed by atoms with Crippen LogP contribution < -0.4 is 5.48 Å². The SMILES string of the molecule is CN(C)CCN(C)CC1CCCCC1C1CCC(S(=O)(=[OH+])N2CCC(CCc3ncc(C(=O)NO)cn3)CC2)CC1. The monoisotopic (exact) mass is 593 g/mol. The standard InChI is InChI=1S/C30H52N6O4S/c1-34(2)18-19-35(3)22-25-6-4-5-7-28(25)24-9-11-27(12-10-24)41(39,40)36-16-14-23(15-17-36)8-13-29-31-20-26(21-32-29)30(37)33-38/h20-21,23-25,27-28,38H,4-19,22H2,1-3H3,(H,33,37)/p+1. The number of piperidine rings is 1. The maximum Gasteiger partial charge on any atom is 0.348 e. The van der Waals surface area contributed by atoms with Crippen LogP contribution in [0.4, 0.5) is 0 Å². The summed E-state index contributed by atoms with van der Waals surface area (Å²) < 4.78 is 26.9. The summed E-state index contributed by atoms with van der Waals surface area (Å²) in [6.07, 6.45) is 15.6. The molecule has 3 aliphatic rings. The van der Waals surface area contributed by atoms with Crippen LogP contribution in [0.15, 0.2) is 12.4 Å². The molecule has 1 aromatic heterocycles. The number of likely N-dealkylation sites (N-methyl/N-ethyl adjacent to an activating group) is 2. The largest absolute Gasteiger partial charge is 0.348 e. The average Bonchev–Trinajstić information content (AvgIpc) is 2.99. The molecule has 2 saturated carbocycles. The van der Waals surface area contributed by atoms with E-state index < -0.39 is 15.9 Å². The van der Waals surface area contributed by atoms with Crippen molar-refractivity contribution in [2.75, 3.05) is 53.9 Å². The quantitative estimate of drug-likeness (QED) is 0.216. The second-order valence-electron chi connectivity index (χ2n) is 13.1. The second-order valence-corrected chi connectivity index (χ2v) is 15.3. The zero-order valence-corrected chi connectivity index (χ0v) is 26.2. The predicted octanol–water partition coefficient (Wildman–Crippen LogP) is 3.59. The first-order valence-electron chi connectivity index (χ1n) is 15.8. The molecule has 1 aromatic rings. The molecule has 0 bridgehead atoms. The van der Waals surface area contributed by atoms with Crippen LogP contribution in [0.1, 0.15) is 86.8 Å². The van der Waals surface area contributed by atoms with E-state index in [-0.39, 0.29) is 10.8 Å². The van der Waals surface area contributed by atoms with E-state index in [0.717, 1.165) is 69.9 Å². The van der Waals surface area contributed by atoms with Crippen molar-refractivity contribution in [3.63, 3.8) is 0 Å². The molecular weight excluding hydrogens is 540 g/mol. The number of nitrogens with zero attached hydrogens (tertiary/aromatic N) is 5. The highest BCUT2D eigenvalue weighted by Gasteiger charge is 2.43. The highest BCUT2D eigenvalue weighted by Crippen LogP contribution is 2.43. The first kappa shape index (κ1) is 32.3. The van der Waals surface area contributed by atoms with Gasteiger partial charge in [-0.25, -0.2) is 19.7 Å². The van der Waals surface area contributed by atoms with Crippen molar-refractivity contribution >= 4 is 15.9 Å². The lowest BCUT2D eigenvalue weighted by Crippen LogP contribution is -2.45. The molecule has 0 spiro atoms. The highest BCUT2D eigenvalue weighted by molar-refractivity contribution is 7.89. The van der Waals surface area contributed by atoms with Crippen LogP contribution in [0.3, 0.4) is 0 Å². The van der Waals surface area contributed by atoms with E-state index in [1.54, 1.807) is 5.48 Å². The van der Waals surface area contributed by atoms with Crippen LogP contribution >= 0.6 is 0 Å². The van der Waals surface area contributed by atoms with E-state index in [1.165, 1.54) is 44.6 Å². The molecule has 0 radical (unpaired) electrons. The van der Waals surface area contributed by atoms with Gasteiger partial charge in [-0.15, -0.1) is 0 Å². The smallest absolute Gasteiger partial charge is 0.308 e. The molecule has 232 valence electrons. The third-order valence-electron chi connectivity index (χ3n) is 9.99. The van der Waals surface area contributed by atoms with Gasteiger partial charge in [-0.1, -0.05) is 12.8 Å². The molecule has 1 saturated heterocycles. The van der Waals surface area contributed by atoms with Gasteiger partial charge in [0.15, 0.2) is 0 Å². The van der Waals surface area contributed by atoms with Gasteiger partial charge in [-0.2, -0.15) is 8.51 Å². The van der Waals surface area contributed by atoms with Crippen LogP contribution in [0, 0.1) is 23.7 Å². The first-order chi connectivity index (χ1) is 19.7. The van der Waals surface area contributed by atoms with Crippen LogP contribution in [0.2, 0.25) is 0 Å². The average molecular weight is 594 g/mol. The molecular formula is C30H53N6O4S+. The number of nitrogens with one attached hydrogen (secondary N) is 1. The molecule has 41 heavy (non-hydrogen) atoms. The molecule has 11 heteroatoms. The van der Waals surface area contributed by atoms with E-state index >= 15 is 0 Å². The summed E-state index contributed by atoms with van der Waals surface area (Å²) in [4.78, 5) is 24.7. The van der Waals surface area contributed by atoms with Crippen LogP contribution in [-0.2, 0) is 16.4 Å². The Morgan fingerprint density at radius 1 is 1.02 bits per heavy atom. The second kappa shape index (κ2) is 15.2. The Morgan fingerprint density at radius 3 is 2.32 bits per heavy atom. The highest BCUT2D eigenvalue weighted by atomic mass is 32.2. The Hall–Kier alpha value is -1.66. The normalized spacial score (nSPS) is 28.0. The molecule has 2 heterocycles. The lowest BCUT2D eigenvalue weighted by Gasteiger charge is -2.42. The van der Waals surface area contributed by atoms with Crippen LogP contribution in [-0.4, -0.2) is 103 Å². The Bertz CT molecular complexity index is 1050. The van der Waals surface area contributed by atoms with E-state index in [1.807, 2.05) is 4.31 Å². The van der Waals surface area contributed by atoms with Crippen molar-refractivity contribution in [1.29, 1.82) is 0 Å². The number of carbonyl (C=O) groups is 1. The van der Waals surface area contributed by atoms with E-state index in [0.29, 0.717) is 37.2 Å². The summed E-state index contributed by atoms with van der Waals surface area (Å²) in [5, 5.41) is 8.61. The molecule has 3 fully saturated rings. The van der Waals surface area contributed by atoms with E-state index in [9.17, 15) is 13.2 Å². The van der Waals surface area contributed by atoms with Crippen molar-refractivity contribution in [2.24, 2.45) is 23.7 Å². The van der Waals surface area contributed by atoms with Crippen molar-refractivity contribution < 1.29 is 18.4 Å². The summed E-state index contributed by atoms with van der Waals surface area (Å²) in [5.74, 6) is 2.75. The summed E-state index contributed by atoms with van der Waals surface area (Å²) in [7, 11) is 3.54. The van der Waals surface area contributed by atoms with Gasteiger partial charge in [-0.05, 0) is 103 Å². The molecule has 1 aliphatic heterocycles. The van der Waals surface area contributed by atoms with Gasteiger partial charge in [0, 0.05) is 51.5 Å². The topological polar surface area (TPSA) is 123 Å². The van der Waals surface area contributed by atoms with E-state index in [2.05, 4.69) is 40.9 Å². The minimum absolute atomic E-state index is 0.108. The minimum Gasteiger partial charge on any atom is -0.308 e. The van der Waals surface area contributed by atoms with Gasteiger partial charge in [-0.3, -0.25) is 10.0 Å². The van der Waals surface area contributed by atoms with Gasteiger partial charge in [0.25, 0.3) is 5.91 Å². The zero-order chi connectivity index (χ0) is 29.4. The fourth-order valence-electron chi connectivity index (χ4n) is 7.44. The van der Waals surface area contributed by atoms with Crippen molar-refractivity contribution in [3.8, 4) is 0 Å². The first-order valence-corrected chi connectivity index (χ1v) is 17.3. The molecule has 2 aliphatic carbocycles. The summed E-state index contributed by atoms with van der Waals surface area (Å²) >= 11 is 0. The molecule has 0 aromatic carbocycles. The Balaban J connectivity index is 1.21. The molecule has 4 rings (SSSR count). The predicted molar refractivity (Wildman–Crippen MR) is 161 cm³/mol. The van der Waals surface area contributed by atoms with Gasteiger partial charge < -0.3 is 9.80 Å². The number of aryl methyl sites for hydroxylation is 1. The van der Waals surface area contributed by atoms with Gasteiger partial charge in [0.05, 0.1) is 5.56 Å². The number of hydrogen-bond acceptors (Lipinski definition) is 7. The number of hydrogen-bond donors (Lipinski definition) is 2. The summed E-state index contributed by atoms with van der Waals surface area (Å²) in [5.41, 5.74) is 1.81. The van der Waals surface area contributed by atoms with Crippen LogP contribution in [0.5, 0.6) is 0 Å². The number of carbonyl (C=O) groups excluding carboxylic acids is 1. The zero-order valence-electron chi connectivity index (χ0n) is 25.4. The maximum absolute atomic E-state index is 13.7. The van der Waals surface area contributed by atoms with Gasteiger partial charge in [0.2, 0.25) is 0 Å². The van der Waals surface area contributed by atoms with Crippen molar-refractivity contribution in [3.05, 3.63) is 23.8 Å². The van der Waals surface area contributed by atoms with Gasteiger partial charge in [0.1, 0.15) is 11.1 Å². The van der Waals surface area contributed by atoms with Crippen molar-refractivity contribution in [2.45, 2.75) is 82.3 Å². The molecule has 3 atom stereocenters. The maximum atomic E-state index is 13.7. The Kier molecular flexibility index (Phi) is 11.9. The molecule has 10 nitrogen and oxygen atoms in total. The third kappa shape index (κ3) is 8.92. The Labute approximate surface area is 247 Å². The molecule has 3 unspecified atom stereocenters. The summed E-state index contributed by atoms with van der Waals surface area (Å²) in [6.45, 7) is 4.72. The number of hydroxylamine groups is 1. The fourth-order valence-corrected chi connectivity index (χ4v) is 9.48. The molecule has 3 N–H and O–H groups in total. The van der Waals surface area contributed by atoms with Crippen LogP contribution in [0.25, 0.3) is 0 Å². The fraction of sp³-hybridized carbons (Fsp3) is 0.833. The number of amides is 1. The van der Waals surface area contributed by atoms with Crippen molar-refractivity contribution in [1.82, 2.24) is 29.6 Å². The molecule has 1 amide bonds. The van der Waals surface area contributed by atoms with Gasteiger partial charge >= 0.3 is 10.0 Å². The van der Waals surface area contributed by atoms with E-state index in [4.69, 9.17) is 5.21 Å².